The fraction of sp³-hybridized carbons (Fsp3) is 0.333. The summed E-state index contributed by atoms with van der Waals surface area (Å²) < 4.78 is 27.6. The smallest absolute Gasteiger partial charge is 0.410 e. The van der Waals surface area contributed by atoms with Crippen molar-refractivity contribution in [3.63, 3.8) is 0 Å². The van der Waals surface area contributed by atoms with Crippen LogP contribution in [0.4, 0.5) is 10.5 Å². The van der Waals surface area contributed by atoms with Crippen molar-refractivity contribution in [2.75, 3.05) is 26.4 Å². The first-order valence-corrected chi connectivity index (χ1v) is 25.4. The summed E-state index contributed by atoms with van der Waals surface area (Å²) in [6.07, 6.45) is 9.98. The van der Waals surface area contributed by atoms with Crippen LogP contribution in [0.2, 0.25) is 0 Å². The summed E-state index contributed by atoms with van der Waals surface area (Å²) in [5.74, 6) is -0.618. The zero-order valence-corrected chi connectivity index (χ0v) is 41.1. The minimum absolute atomic E-state index is 0.0123. The molecule has 6 atom stereocenters. The number of benzene rings is 6. The number of non-ortho nitro benzene ring substituents is 1. The third-order valence-corrected chi connectivity index (χ3v) is 14.5. The van der Waals surface area contributed by atoms with Gasteiger partial charge in [-0.25, -0.2) is 4.79 Å². The molecule has 2 N–H and O–H groups in total. The zero-order chi connectivity index (χ0) is 50.7. The van der Waals surface area contributed by atoms with E-state index in [4.69, 9.17) is 28.9 Å². The van der Waals surface area contributed by atoms with E-state index in [-0.39, 0.29) is 69.4 Å². The van der Waals surface area contributed by atoms with Gasteiger partial charge in [0.25, 0.3) is 5.69 Å². The minimum Gasteiger partial charge on any atom is -0.459 e. The molecule has 1 amide bonds. The number of nitrogens with zero attached hydrogens (tertiary/aromatic N) is 3. The van der Waals surface area contributed by atoms with Crippen LogP contribution in [0.3, 0.4) is 0 Å². The number of carbonyl (C=O) groups is 1. The largest absolute Gasteiger partial charge is 0.459 e. The number of aliphatic hydroxyl groups is 2. The summed E-state index contributed by atoms with van der Waals surface area (Å²) in [6.45, 7) is 8.41. The first-order chi connectivity index (χ1) is 35.7. The first-order valence-electron chi connectivity index (χ1n) is 25.4. The van der Waals surface area contributed by atoms with E-state index >= 15 is 4.79 Å². The van der Waals surface area contributed by atoms with Gasteiger partial charge in [-0.15, -0.1) is 13.2 Å². The number of unbranched alkanes of at least 4 members (excludes halogenated alkanes) is 2. The fourth-order valence-corrected chi connectivity index (χ4v) is 11.2. The quantitative estimate of drug-likeness (QED) is 0.0273. The zero-order valence-electron chi connectivity index (χ0n) is 41.1. The number of ether oxygens (including phenoxy) is 4. The second-order valence-corrected chi connectivity index (χ2v) is 19.0. The van der Waals surface area contributed by atoms with Crippen molar-refractivity contribution in [2.24, 2.45) is 22.9 Å². The third-order valence-electron chi connectivity index (χ3n) is 14.5. The Balaban J connectivity index is 1.24. The Kier molecular flexibility index (Phi) is 16.3. The second-order valence-electron chi connectivity index (χ2n) is 19.0. The Morgan fingerprint density at radius 3 is 2.33 bits per heavy atom. The molecule has 1 aliphatic heterocycles. The lowest BCUT2D eigenvalue weighted by Crippen LogP contribution is -2.70. The Labute approximate surface area is 426 Å². The van der Waals surface area contributed by atoms with Gasteiger partial charge in [-0.2, -0.15) is 0 Å². The van der Waals surface area contributed by atoms with Crippen LogP contribution in [0.15, 0.2) is 170 Å². The van der Waals surface area contributed by atoms with E-state index in [0.717, 1.165) is 63.9 Å². The number of rotatable bonds is 23. The molecular weight excluding hydrogens is 923 g/mol. The Morgan fingerprint density at radius 2 is 1.56 bits per heavy atom. The number of carbonyl (C=O) groups excluding carboxylic acids is 1. The predicted molar refractivity (Wildman–Crippen MR) is 283 cm³/mol. The molecule has 0 aromatic heterocycles. The summed E-state index contributed by atoms with van der Waals surface area (Å²) in [5.41, 5.74) is 3.91. The van der Waals surface area contributed by atoms with Crippen LogP contribution in [0, 0.1) is 27.9 Å². The lowest BCUT2D eigenvalue weighted by atomic mass is 9.55. The van der Waals surface area contributed by atoms with E-state index in [1.54, 1.807) is 29.2 Å². The van der Waals surface area contributed by atoms with Crippen LogP contribution in [-0.4, -0.2) is 70.1 Å². The average Bonchev–Trinajstić information content (AvgIpc) is 3.41. The number of hydrogen-bond acceptors (Lipinski definition) is 11. The minimum atomic E-state index is -1.55. The number of hydrogen-bond donors (Lipinski definition) is 2. The number of fused-ring (bicyclic) bond motifs is 4. The van der Waals surface area contributed by atoms with Crippen molar-refractivity contribution in [1.82, 2.24) is 4.90 Å². The molecule has 13 heteroatoms. The van der Waals surface area contributed by atoms with Crippen LogP contribution in [0.1, 0.15) is 74.0 Å². The number of amides is 1. The number of nitro groups is 1. The molecule has 0 bridgehead atoms. The summed E-state index contributed by atoms with van der Waals surface area (Å²) in [7, 11) is 0. The van der Waals surface area contributed by atoms with Crippen molar-refractivity contribution >= 4 is 39.0 Å². The van der Waals surface area contributed by atoms with Gasteiger partial charge in [0.15, 0.2) is 0 Å². The maximum absolute atomic E-state index is 15.1. The van der Waals surface area contributed by atoms with Gasteiger partial charge in [-0.05, 0) is 125 Å². The summed E-state index contributed by atoms with van der Waals surface area (Å²) >= 11 is 0. The van der Waals surface area contributed by atoms with E-state index in [9.17, 15) is 20.3 Å². The van der Waals surface area contributed by atoms with E-state index < -0.39 is 28.8 Å². The van der Waals surface area contributed by atoms with Gasteiger partial charge < -0.3 is 34.0 Å². The molecule has 0 saturated heterocycles. The molecule has 3 aliphatic rings. The molecule has 1 fully saturated rings. The van der Waals surface area contributed by atoms with Gasteiger partial charge in [0.1, 0.15) is 29.9 Å². The standard InChI is InChI=1S/C60H63N3O10/c1-3-5-34-69-59(66)62(39-46-20-14-19-43-16-8-9-21-50(43)46)56-38-54(61-71-40-41-23-26-47(27-24-41)63(67)68)52-36-45(18-10-12-31-64)51(22-11-13-32-65)57-53-37-49(72-48-28-25-42-15-6-7-17-44(42)35-48)29-30-55(53)73-60(56,58(52)57)70-33-4-2/h3-4,6-9,14-17,19-21,23-30,35-37,45,51,56-58,64-65H,1-2,5,10-13,18,22,31-34,38-40H2/t45-,51+,56-,57+,58+,60+/m0/s1. The number of nitro benzene ring substituents is 1. The first kappa shape index (κ1) is 50.6. The van der Waals surface area contributed by atoms with Gasteiger partial charge in [-0.1, -0.05) is 109 Å². The van der Waals surface area contributed by atoms with Crippen molar-refractivity contribution in [3.8, 4) is 17.2 Å². The summed E-state index contributed by atoms with van der Waals surface area (Å²) in [5, 5.41) is 40.8. The maximum Gasteiger partial charge on any atom is 0.410 e. The highest BCUT2D eigenvalue weighted by atomic mass is 16.7. The molecule has 9 rings (SSSR count). The van der Waals surface area contributed by atoms with E-state index in [1.807, 2.05) is 84.9 Å². The van der Waals surface area contributed by atoms with Crippen molar-refractivity contribution in [2.45, 2.75) is 82.3 Å². The number of allylic oxidation sites excluding steroid dienone is 1. The molecule has 6 aromatic rings. The van der Waals surface area contributed by atoms with Crippen LogP contribution in [-0.2, 0) is 27.5 Å². The summed E-state index contributed by atoms with van der Waals surface area (Å²) in [6, 6.07) is 39.5. The normalized spacial score (nSPS) is 21.3. The molecule has 1 saturated carbocycles. The van der Waals surface area contributed by atoms with Crippen LogP contribution in [0.5, 0.6) is 17.2 Å². The van der Waals surface area contributed by atoms with Gasteiger partial charge in [0.05, 0.1) is 36.3 Å². The highest BCUT2D eigenvalue weighted by molar-refractivity contribution is 6.03. The molecule has 73 heavy (non-hydrogen) atoms. The van der Waals surface area contributed by atoms with E-state index in [1.165, 1.54) is 12.1 Å². The topological polar surface area (TPSA) is 162 Å². The molecule has 2 aliphatic carbocycles. The molecule has 6 aromatic carbocycles. The monoisotopic (exact) mass is 985 g/mol. The van der Waals surface area contributed by atoms with Crippen molar-refractivity contribution in [3.05, 3.63) is 191 Å². The Bertz CT molecular complexity index is 2980. The van der Waals surface area contributed by atoms with Crippen LogP contribution in [0.25, 0.3) is 21.5 Å². The highest BCUT2D eigenvalue weighted by Crippen LogP contribution is 2.62. The van der Waals surface area contributed by atoms with Gasteiger partial charge in [-0.3, -0.25) is 15.0 Å². The fourth-order valence-electron chi connectivity index (χ4n) is 11.2. The molecule has 378 valence electrons. The number of aliphatic hydroxyl groups excluding tert-OH is 2. The molecule has 13 nitrogen and oxygen atoms in total. The predicted octanol–water partition coefficient (Wildman–Crippen LogP) is 12.7. The van der Waals surface area contributed by atoms with Crippen LogP contribution < -0.4 is 9.47 Å². The lowest BCUT2D eigenvalue weighted by molar-refractivity contribution is -0.384. The summed E-state index contributed by atoms with van der Waals surface area (Å²) in [4.78, 5) is 34.2. The van der Waals surface area contributed by atoms with Crippen LogP contribution >= 0.6 is 0 Å². The molecular formula is C60H63N3O10. The lowest BCUT2D eigenvalue weighted by Gasteiger charge is -2.59. The number of oxime groups is 1. The van der Waals surface area contributed by atoms with Crippen molar-refractivity contribution < 1.29 is 43.7 Å². The van der Waals surface area contributed by atoms with E-state index in [0.29, 0.717) is 47.8 Å². The van der Waals surface area contributed by atoms with Gasteiger partial charge >= 0.3 is 6.09 Å². The second kappa shape index (κ2) is 23.5. The van der Waals surface area contributed by atoms with Gasteiger partial charge in [0.2, 0.25) is 5.79 Å². The van der Waals surface area contributed by atoms with E-state index in [2.05, 4.69) is 37.4 Å². The average molecular weight is 986 g/mol. The molecule has 1 heterocycles. The third kappa shape index (κ3) is 11.0. The Hall–Kier alpha value is -7.32. The van der Waals surface area contributed by atoms with Gasteiger partial charge in [0, 0.05) is 43.2 Å². The maximum atomic E-state index is 15.1. The Morgan fingerprint density at radius 1 is 0.836 bits per heavy atom. The molecule has 0 spiro atoms. The van der Waals surface area contributed by atoms with Crippen molar-refractivity contribution in [1.29, 1.82) is 0 Å². The molecule has 0 unspecified atom stereocenters. The molecule has 0 radical (unpaired) electrons. The highest BCUT2D eigenvalue weighted by Gasteiger charge is 2.65. The SMILES string of the molecule is C=CCCOC(=O)N(Cc1cccc2ccccc12)[C@H]1CC(=NOCc2ccc([N+](=O)[O-])cc2)C2=C[C@H](CCCCO)[C@@H](CCCCO)[C@@H]3c4cc(Oc5ccc6ccccc6c5)ccc4O[C@@]1(OCC=C)[C@H]23.